The smallest absolute Gasteiger partial charge is 0.161 e. The first-order valence-corrected chi connectivity index (χ1v) is 22.2. The van der Waals surface area contributed by atoms with Crippen molar-refractivity contribution in [2.24, 2.45) is 0 Å². The maximum atomic E-state index is 5.39. The zero-order valence-corrected chi connectivity index (χ0v) is 34.9. The van der Waals surface area contributed by atoms with Crippen LogP contribution in [-0.2, 0) is 0 Å². The lowest BCUT2D eigenvalue weighted by atomic mass is 9.98. The van der Waals surface area contributed by atoms with E-state index in [4.69, 9.17) is 19.9 Å². The number of rotatable bonds is 7. The van der Waals surface area contributed by atoms with Gasteiger partial charge in [-0.15, -0.1) is 22.7 Å². The molecule has 0 atom stereocenters. The highest BCUT2D eigenvalue weighted by atomic mass is 32.1. The van der Waals surface area contributed by atoms with Gasteiger partial charge in [-0.3, -0.25) is 0 Å². The van der Waals surface area contributed by atoms with Gasteiger partial charge in [-0.25, -0.2) is 19.9 Å². The molecule has 0 amide bonds. The Morgan fingerprint density at radius 3 is 1.02 bits per heavy atom. The average Bonchev–Trinajstić information content (AvgIpc) is 3.93. The van der Waals surface area contributed by atoms with Crippen LogP contribution < -0.4 is 0 Å². The predicted molar refractivity (Wildman–Crippen MR) is 261 cm³/mol. The van der Waals surface area contributed by atoms with E-state index in [2.05, 4.69) is 206 Å². The summed E-state index contributed by atoms with van der Waals surface area (Å²) in [5.74, 6) is 1.39. The molecule has 12 rings (SSSR count). The molecule has 62 heavy (non-hydrogen) atoms. The van der Waals surface area contributed by atoms with Gasteiger partial charge in [-0.05, 0) is 69.8 Å². The number of hydrogen-bond acceptors (Lipinski definition) is 6. The molecule has 0 saturated carbocycles. The fourth-order valence-corrected chi connectivity index (χ4v) is 10.7. The van der Waals surface area contributed by atoms with Gasteiger partial charge in [0.05, 0.1) is 11.4 Å². The molecule has 12 aromatic rings. The van der Waals surface area contributed by atoms with Crippen LogP contribution in [0.4, 0.5) is 0 Å². The first-order valence-electron chi connectivity index (χ1n) is 20.6. The van der Waals surface area contributed by atoms with E-state index in [0.29, 0.717) is 11.6 Å². The summed E-state index contributed by atoms with van der Waals surface area (Å²) in [4.78, 5) is 23.2. The maximum Gasteiger partial charge on any atom is 0.161 e. The Bertz CT molecular complexity index is 3410. The number of nitrogens with zero attached hydrogens (tertiary/aromatic N) is 4. The SMILES string of the molecule is c1ccc(-c2cccc(-c3nc(-c4cccc(-c5cccc(-c6nc(-c7cccc(-c8ccccc8)c7)c7c(n6)sc6ccccc67)c5)c4)nc4sc5ccccc5c34)c2)cc1. The van der Waals surface area contributed by atoms with Crippen LogP contribution >= 0.6 is 22.7 Å². The molecular weight excluding hydrogens is 793 g/mol. The van der Waals surface area contributed by atoms with Gasteiger partial charge in [0.15, 0.2) is 11.6 Å². The quantitative estimate of drug-likeness (QED) is 0.161. The second-order valence-corrected chi connectivity index (χ2v) is 17.5. The third-order valence-electron chi connectivity index (χ3n) is 11.5. The Morgan fingerprint density at radius 2 is 0.581 bits per heavy atom. The number of thiophene rings is 2. The van der Waals surface area contributed by atoms with Gasteiger partial charge in [-0.1, -0.05) is 170 Å². The molecule has 6 heteroatoms. The second-order valence-electron chi connectivity index (χ2n) is 15.4. The Morgan fingerprint density at radius 1 is 0.258 bits per heavy atom. The average molecular weight is 827 g/mol. The fourth-order valence-electron chi connectivity index (χ4n) is 8.55. The molecule has 4 aromatic heterocycles. The minimum Gasteiger partial charge on any atom is -0.227 e. The number of aromatic nitrogens is 4. The largest absolute Gasteiger partial charge is 0.227 e. The monoisotopic (exact) mass is 826 g/mol. The van der Waals surface area contributed by atoms with Crippen LogP contribution in [-0.4, -0.2) is 19.9 Å². The minimum atomic E-state index is 0.697. The third-order valence-corrected chi connectivity index (χ3v) is 13.7. The van der Waals surface area contributed by atoms with Gasteiger partial charge >= 0.3 is 0 Å². The molecule has 0 fully saturated rings. The van der Waals surface area contributed by atoms with Gasteiger partial charge in [0.2, 0.25) is 0 Å². The molecule has 0 aliphatic carbocycles. The molecule has 4 heterocycles. The first-order chi connectivity index (χ1) is 30.7. The molecular formula is C56H34N4S2. The van der Waals surface area contributed by atoms with Gasteiger partial charge in [0, 0.05) is 53.2 Å². The van der Waals surface area contributed by atoms with Crippen molar-refractivity contribution in [2.45, 2.75) is 0 Å². The van der Waals surface area contributed by atoms with Crippen molar-refractivity contribution in [2.75, 3.05) is 0 Å². The van der Waals surface area contributed by atoms with Gasteiger partial charge in [0.25, 0.3) is 0 Å². The molecule has 0 unspecified atom stereocenters. The molecule has 0 saturated heterocycles. The van der Waals surface area contributed by atoms with E-state index in [1.807, 2.05) is 0 Å². The number of benzene rings is 8. The highest BCUT2D eigenvalue weighted by molar-refractivity contribution is 7.26. The van der Waals surface area contributed by atoms with Crippen LogP contribution in [0.15, 0.2) is 206 Å². The molecule has 8 aromatic carbocycles. The second kappa shape index (κ2) is 15.1. The van der Waals surface area contributed by atoms with Gasteiger partial charge in [-0.2, -0.15) is 0 Å². The Labute approximate surface area is 366 Å². The normalized spacial score (nSPS) is 11.5. The van der Waals surface area contributed by atoms with E-state index < -0.39 is 0 Å². The van der Waals surface area contributed by atoms with E-state index in [1.54, 1.807) is 22.7 Å². The summed E-state index contributed by atoms with van der Waals surface area (Å²) in [6, 6.07) is 72.7. The summed E-state index contributed by atoms with van der Waals surface area (Å²) in [6.07, 6.45) is 0. The third kappa shape index (κ3) is 6.45. The molecule has 0 radical (unpaired) electrons. The Balaban J connectivity index is 0.969. The van der Waals surface area contributed by atoms with Crippen LogP contribution in [0.1, 0.15) is 0 Å². The summed E-state index contributed by atoms with van der Waals surface area (Å²) < 4.78 is 2.39. The fraction of sp³-hybridized carbons (Fsp3) is 0. The molecule has 0 aliphatic rings. The summed E-state index contributed by atoms with van der Waals surface area (Å²) in [5, 5.41) is 4.52. The maximum absolute atomic E-state index is 5.39. The van der Waals surface area contributed by atoms with E-state index in [9.17, 15) is 0 Å². The van der Waals surface area contributed by atoms with E-state index in [0.717, 1.165) is 76.3 Å². The number of fused-ring (bicyclic) bond motifs is 6. The molecule has 0 spiro atoms. The molecule has 4 nitrogen and oxygen atoms in total. The lowest BCUT2D eigenvalue weighted by Crippen LogP contribution is -1.95. The van der Waals surface area contributed by atoms with E-state index in [1.165, 1.54) is 31.3 Å². The predicted octanol–water partition coefficient (Wildman–Crippen LogP) is 15.7. The minimum absolute atomic E-state index is 0.697. The first kappa shape index (κ1) is 36.2. The zero-order valence-electron chi connectivity index (χ0n) is 33.2. The standard InChI is InChI=1S/C56H34N4S2/c1-3-15-35(16-4-1)37-19-11-23-41(31-37)51-49-45-27-7-9-29-47(45)61-55(49)59-53(57-51)43-25-13-21-39(33-43)40-22-14-26-44(34-40)54-58-52(50-46-28-8-10-30-48(46)62-56(50)60-54)42-24-12-20-38(32-42)36-17-5-2-6-18-36/h1-34H. The van der Waals surface area contributed by atoms with Crippen molar-refractivity contribution in [1.82, 2.24) is 19.9 Å². The van der Waals surface area contributed by atoms with Crippen molar-refractivity contribution in [3.63, 3.8) is 0 Å². The van der Waals surface area contributed by atoms with Gasteiger partial charge in [0.1, 0.15) is 9.66 Å². The summed E-state index contributed by atoms with van der Waals surface area (Å²) in [5.41, 5.74) is 12.7. The molecule has 0 N–H and O–H groups in total. The highest BCUT2D eigenvalue weighted by Crippen LogP contribution is 2.42. The topological polar surface area (TPSA) is 51.6 Å². The van der Waals surface area contributed by atoms with Crippen LogP contribution in [0.5, 0.6) is 0 Å². The van der Waals surface area contributed by atoms with Crippen molar-refractivity contribution >= 4 is 63.3 Å². The summed E-state index contributed by atoms with van der Waals surface area (Å²) in [7, 11) is 0. The van der Waals surface area contributed by atoms with Crippen molar-refractivity contribution in [1.29, 1.82) is 0 Å². The van der Waals surface area contributed by atoms with Crippen molar-refractivity contribution in [3.8, 4) is 78.7 Å². The summed E-state index contributed by atoms with van der Waals surface area (Å²) >= 11 is 3.43. The van der Waals surface area contributed by atoms with E-state index >= 15 is 0 Å². The van der Waals surface area contributed by atoms with Crippen LogP contribution in [0.25, 0.3) is 119 Å². The summed E-state index contributed by atoms with van der Waals surface area (Å²) in [6.45, 7) is 0. The molecule has 0 aliphatic heterocycles. The van der Waals surface area contributed by atoms with Gasteiger partial charge < -0.3 is 0 Å². The number of hydrogen-bond donors (Lipinski definition) is 0. The van der Waals surface area contributed by atoms with E-state index in [-0.39, 0.29) is 0 Å². The molecule has 290 valence electrons. The Kier molecular flexibility index (Phi) is 8.84. The Hall–Kier alpha value is -7.64. The van der Waals surface area contributed by atoms with Crippen molar-refractivity contribution in [3.05, 3.63) is 206 Å². The van der Waals surface area contributed by atoms with Crippen LogP contribution in [0, 0.1) is 0 Å². The van der Waals surface area contributed by atoms with Crippen molar-refractivity contribution < 1.29 is 0 Å². The lowest BCUT2D eigenvalue weighted by molar-refractivity contribution is 1.24. The van der Waals surface area contributed by atoms with Crippen LogP contribution in [0.2, 0.25) is 0 Å². The molecule has 0 bridgehead atoms. The van der Waals surface area contributed by atoms with Crippen LogP contribution in [0.3, 0.4) is 0 Å². The lowest BCUT2D eigenvalue weighted by Gasteiger charge is -2.11. The zero-order chi connectivity index (χ0) is 41.0. The highest BCUT2D eigenvalue weighted by Gasteiger charge is 2.20.